The van der Waals surface area contributed by atoms with Gasteiger partial charge in [0.1, 0.15) is 0 Å². The third kappa shape index (κ3) is 5.53. The van der Waals surface area contributed by atoms with Crippen molar-refractivity contribution >= 4 is 32.9 Å². The van der Waals surface area contributed by atoms with E-state index in [0.717, 1.165) is 27.9 Å². The zero-order valence-electron chi connectivity index (χ0n) is 20.1. The van der Waals surface area contributed by atoms with E-state index in [1.807, 2.05) is 49.4 Å². The molecule has 1 aromatic heterocycles. The molecule has 1 heterocycles. The molecule has 0 saturated heterocycles. The maximum Gasteiger partial charge on any atom is 2.00 e. The van der Waals surface area contributed by atoms with Gasteiger partial charge in [-0.25, -0.2) is 0 Å². The Balaban J connectivity index is 0.000000191. The molecule has 0 aliphatic heterocycles. The summed E-state index contributed by atoms with van der Waals surface area (Å²) in [6.07, 6.45) is 1.79. The summed E-state index contributed by atoms with van der Waals surface area (Å²) in [5, 5.41) is 26.4. The summed E-state index contributed by atoms with van der Waals surface area (Å²) >= 11 is 0. The maximum absolute atomic E-state index is 11.8. The number of pyridine rings is 1. The van der Waals surface area contributed by atoms with Crippen LogP contribution in [-0.4, -0.2) is 10.7 Å². The largest absolute Gasteiger partial charge is 2.00 e. The van der Waals surface area contributed by atoms with Crippen molar-refractivity contribution in [1.82, 2.24) is 4.98 Å². The van der Waals surface area contributed by atoms with Crippen LogP contribution >= 0.6 is 0 Å². The second-order valence-corrected chi connectivity index (χ2v) is 8.41. The van der Waals surface area contributed by atoms with Crippen molar-refractivity contribution in [1.29, 1.82) is 0 Å². The molecule has 0 spiro atoms. The topological polar surface area (TPSA) is 71.4 Å². The summed E-state index contributed by atoms with van der Waals surface area (Å²) in [6, 6.07) is 24.7. The molecule has 0 saturated carbocycles. The van der Waals surface area contributed by atoms with Crippen LogP contribution in [0.25, 0.3) is 21.5 Å². The van der Waals surface area contributed by atoms with E-state index in [9.17, 15) is 10.2 Å². The van der Waals surface area contributed by atoms with Gasteiger partial charge in [0.25, 0.3) is 0 Å². The molecule has 0 unspecified atom stereocenters. The summed E-state index contributed by atoms with van der Waals surface area (Å²) < 4.78 is 0. The fraction of sp³-hybridized carbons (Fsp3) is 0.133. The van der Waals surface area contributed by atoms with Crippen molar-refractivity contribution in [3.8, 4) is 11.5 Å². The van der Waals surface area contributed by atoms with Crippen molar-refractivity contribution in [2.75, 3.05) is 0 Å². The number of hydrogen-bond donors (Lipinski definition) is 0. The molecule has 0 aliphatic rings. The van der Waals surface area contributed by atoms with Gasteiger partial charge < -0.3 is 10.2 Å². The molecule has 0 fully saturated rings. The monoisotopic (exact) mass is 504 g/mol. The quantitative estimate of drug-likeness (QED) is 0.161. The van der Waals surface area contributed by atoms with Gasteiger partial charge >= 0.3 is 16.5 Å². The maximum atomic E-state index is 11.8. The van der Waals surface area contributed by atoms with E-state index in [1.165, 1.54) is 16.7 Å². The Morgan fingerprint density at radius 1 is 0.686 bits per heavy atom. The number of benzene rings is 4. The molecule has 0 N–H and O–H groups in total. The van der Waals surface area contributed by atoms with Gasteiger partial charge in [0.05, 0.1) is 17.1 Å². The van der Waals surface area contributed by atoms with Crippen molar-refractivity contribution < 1.29 is 26.7 Å². The Morgan fingerprint density at radius 3 is 1.60 bits per heavy atom. The van der Waals surface area contributed by atoms with E-state index >= 15 is 0 Å². The van der Waals surface area contributed by atoms with E-state index in [4.69, 9.17) is 4.99 Å². The molecule has 178 valence electrons. The van der Waals surface area contributed by atoms with Gasteiger partial charge in [0.15, 0.2) is 0 Å². The number of aliphatic imine (C=N–C) groups is 1. The summed E-state index contributed by atoms with van der Waals surface area (Å²) in [5.74, 6) is -0.816. The number of fused-ring (bicyclic) bond motifs is 3. The molecule has 5 aromatic rings. The third-order valence-corrected chi connectivity index (χ3v) is 5.79. The molecule has 4 aromatic carbocycles. The van der Waals surface area contributed by atoms with Gasteiger partial charge in [-0.15, -0.1) is 11.5 Å². The normalized spacial score (nSPS) is 11.0. The molecule has 5 rings (SSSR count). The smallest absolute Gasteiger partial charge is 0.872 e. The first-order valence-corrected chi connectivity index (χ1v) is 11.2. The molecule has 0 radical (unpaired) electrons. The minimum absolute atomic E-state index is 0. The van der Waals surface area contributed by atoms with Crippen LogP contribution in [0.1, 0.15) is 29.3 Å². The predicted octanol–water partition coefficient (Wildman–Crippen LogP) is 6.29. The Morgan fingerprint density at radius 2 is 1.14 bits per heavy atom. The number of nitrogens with zero attached hydrogens (tertiary/aromatic N) is 2. The van der Waals surface area contributed by atoms with Gasteiger partial charge in [-0.1, -0.05) is 72.3 Å². The van der Waals surface area contributed by atoms with Crippen molar-refractivity contribution in [2.24, 2.45) is 4.99 Å². The van der Waals surface area contributed by atoms with Gasteiger partial charge in [-0.2, -0.15) is 0 Å². The molecular weight excluding hydrogens is 479 g/mol. The molecule has 4 nitrogen and oxygen atoms in total. The predicted molar refractivity (Wildman–Crippen MR) is 137 cm³/mol. The molecule has 35 heavy (non-hydrogen) atoms. The Bertz CT molecular complexity index is 1430. The first kappa shape index (κ1) is 25.9. The van der Waals surface area contributed by atoms with Crippen LogP contribution < -0.4 is 10.2 Å². The Kier molecular flexibility index (Phi) is 8.27. The van der Waals surface area contributed by atoms with Crippen LogP contribution in [-0.2, 0) is 16.5 Å². The van der Waals surface area contributed by atoms with Crippen LogP contribution in [0.15, 0.2) is 90.1 Å². The molecule has 0 aliphatic carbocycles. The minimum Gasteiger partial charge on any atom is -0.872 e. The second-order valence-electron chi connectivity index (χ2n) is 8.41. The Hall–Kier alpha value is -3.69. The van der Waals surface area contributed by atoms with Crippen molar-refractivity contribution in [2.45, 2.75) is 27.7 Å². The third-order valence-electron chi connectivity index (χ3n) is 5.79. The zero-order chi connectivity index (χ0) is 24.2. The average molecular weight is 505 g/mol. The van der Waals surface area contributed by atoms with E-state index in [0.29, 0.717) is 10.8 Å². The Labute approximate surface area is 215 Å². The van der Waals surface area contributed by atoms with E-state index in [1.54, 1.807) is 30.5 Å². The fourth-order valence-corrected chi connectivity index (χ4v) is 4.23. The fourth-order valence-electron chi connectivity index (χ4n) is 4.23. The second kappa shape index (κ2) is 11.2. The molecule has 0 atom stereocenters. The van der Waals surface area contributed by atoms with E-state index < -0.39 is 11.5 Å². The summed E-state index contributed by atoms with van der Waals surface area (Å²) in [6.45, 7) is 8.31. The van der Waals surface area contributed by atoms with E-state index in [2.05, 4.69) is 37.9 Å². The van der Waals surface area contributed by atoms with Crippen LogP contribution in [0.2, 0.25) is 0 Å². The van der Waals surface area contributed by atoms with Gasteiger partial charge in [0.2, 0.25) is 0 Å². The molecular formula is C30H26N2NiO2. The average Bonchev–Trinajstić information content (AvgIpc) is 2.85. The minimum atomic E-state index is -0.408. The van der Waals surface area contributed by atoms with Crippen LogP contribution in [0.3, 0.4) is 0 Å². The standard InChI is InChI=1S/C16H18N2.C14H10O2.Ni/c1-11-9-12(2)16(13(3)10-11)18-14(4)15-7-5-6-8-17-15;15-13-11-7-3-1-5-9(11)10-6-2-4-8-12(10)14(13)16;/h5-10H,1-4H3;1-8,15-16H;/q;;+2/p-2. The number of hydrogen-bond acceptors (Lipinski definition) is 4. The number of aryl methyl sites for hydroxylation is 3. The van der Waals surface area contributed by atoms with Gasteiger partial charge in [0, 0.05) is 6.20 Å². The molecule has 0 bridgehead atoms. The molecule has 5 heteroatoms. The first-order valence-electron chi connectivity index (χ1n) is 11.2. The van der Waals surface area contributed by atoms with E-state index in [-0.39, 0.29) is 16.5 Å². The van der Waals surface area contributed by atoms with Gasteiger partial charge in [-0.05, 0) is 72.5 Å². The van der Waals surface area contributed by atoms with Crippen molar-refractivity contribution in [3.05, 3.63) is 107 Å². The SMILES string of the molecule is CC(=Nc1c(C)cc(C)cc1C)c1ccccn1.[Ni+2].[O-]c1c([O-])c2ccccc2c2ccccc12. The number of rotatable bonds is 2. The van der Waals surface area contributed by atoms with Crippen molar-refractivity contribution in [3.63, 3.8) is 0 Å². The van der Waals surface area contributed by atoms with Crippen LogP contribution in [0.5, 0.6) is 11.5 Å². The molecule has 0 amide bonds. The zero-order valence-corrected chi connectivity index (χ0v) is 21.1. The summed E-state index contributed by atoms with van der Waals surface area (Å²) in [4.78, 5) is 9.04. The summed E-state index contributed by atoms with van der Waals surface area (Å²) in [5.41, 5.74) is 6.64. The van der Waals surface area contributed by atoms with Crippen LogP contribution in [0, 0.1) is 20.8 Å². The first-order chi connectivity index (χ1) is 16.4. The number of aromatic nitrogens is 1. The summed E-state index contributed by atoms with van der Waals surface area (Å²) in [7, 11) is 0. The van der Waals surface area contributed by atoms with Gasteiger partial charge in [-0.3, -0.25) is 9.98 Å². The van der Waals surface area contributed by atoms with Crippen LogP contribution in [0.4, 0.5) is 5.69 Å².